The Morgan fingerprint density at radius 1 is 1.24 bits per heavy atom. The molecule has 0 saturated heterocycles. The summed E-state index contributed by atoms with van der Waals surface area (Å²) in [5, 5.41) is 0. The quantitative estimate of drug-likeness (QED) is 0.882. The summed E-state index contributed by atoms with van der Waals surface area (Å²) >= 11 is 0. The van der Waals surface area contributed by atoms with Crippen LogP contribution in [0.3, 0.4) is 0 Å². The number of aryl methyl sites for hydroxylation is 2. The van der Waals surface area contributed by atoms with Crippen LogP contribution in [0.2, 0.25) is 0 Å². The van der Waals surface area contributed by atoms with Crippen LogP contribution in [0, 0.1) is 19.8 Å². The molecule has 0 aliphatic rings. The van der Waals surface area contributed by atoms with Crippen molar-refractivity contribution in [2.45, 2.75) is 33.7 Å². The first kappa shape index (κ1) is 12.1. The topological polar surface area (TPSA) is 43.8 Å². The van der Waals surface area contributed by atoms with Crippen LogP contribution in [-0.4, -0.2) is 16.1 Å². The lowest BCUT2D eigenvalue weighted by atomic mass is 10.0. The number of fused-ring (bicyclic) bond motifs is 1. The smallest absolute Gasteiger partial charge is 0.0960 e. The number of imidazole rings is 1. The lowest BCUT2D eigenvalue weighted by Crippen LogP contribution is -2.21. The van der Waals surface area contributed by atoms with E-state index in [1.807, 2.05) is 6.33 Å². The molecule has 3 heteroatoms. The number of nitrogens with two attached hydrogens (primary N) is 1. The van der Waals surface area contributed by atoms with Crippen LogP contribution >= 0.6 is 0 Å². The monoisotopic (exact) mass is 231 g/mol. The fraction of sp³-hybridized carbons (Fsp3) is 0.500. The summed E-state index contributed by atoms with van der Waals surface area (Å²) in [5.74, 6) is 0.453. The van der Waals surface area contributed by atoms with Gasteiger partial charge in [0, 0.05) is 6.04 Å². The zero-order valence-corrected chi connectivity index (χ0v) is 11.1. The fourth-order valence-electron chi connectivity index (χ4n) is 2.08. The molecule has 0 radical (unpaired) electrons. The summed E-state index contributed by atoms with van der Waals surface area (Å²) in [4.78, 5) is 4.48. The Balaban J connectivity index is 2.52. The molecule has 0 aliphatic carbocycles. The highest BCUT2D eigenvalue weighted by molar-refractivity contribution is 5.77. The van der Waals surface area contributed by atoms with Gasteiger partial charge in [-0.05, 0) is 56.5 Å². The van der Waals surface area contributed by atoms with Gasteiger partial charge in [0.25, 0.3) is 0 Å². The summed E-state index contributed by atoms with van der Waals surface area (Å²) in [6, 6.07) is 4.75. The molecule has 2 atom stereocenters. The molecule has 1 aromatic heterocycles. The predicted molar refractivity (Wildman–Crippen MR) is 72.1 cm³/mol. The molecule has 2 N–H and O–H groups in total. The Kier molecular flexibility index (Phi) is 3.20. The minimum Gasteiger partial charge on any atom is -0.330 e. The van der Waals surface area contributed by atoms with E-state index in [1.54, 1.807) is 0 Å². The van der Waals surface area contributed by atoms with Gasteiger partial charge in [0.1, 0.15) is 0 Å². The van der Waals surface area contributed by atoms with Gasteiger partial charge in [-0.25, -0.2) is 4.98 Å². The highest BCUT2D eigenvalue weighted by Crippen LogP contribution is 2.24. The van der Waals surface area contributed by atoms with Crippen molar-refractivity contribution >= 4 is 11.0 Å². The van der Waals surface area contributed by atoms with E-state index in [2.05, 4.69) is 49.4 Å². The molecular weight excluding hydrogens is 210 g/mol. The Bertz CT molecular complexity index is 527. The van der Waals surface area contributed by atoms with Crippen LogP contribution in [0.1, 0.15) is 31.0 Å². The largest absolute Gasteiger partial charge is 0.330 e. The van der Waals surface area contributed by atoms with E-state index < -0.39 is 0 Å². The van der Waals surface area contributed by atoms with E-state index in [0.29, 0.717) is 18.5 Å². The first-order chi connectivity index (χ1) is 8.04. The van der Waals surface area contributed by atoms with Gasteiger partial charge < -0.3 is 10.3 Å². The Hall–Kier alpha value is -1.35. The molecule has 0 saturated carbocycles. The Labute approximate surface area is 103 Å². The molecule has 0 aliphatic heterocycles. The predicted octanol–water partition coefficient (Wildman–Crippen LogP) is 2.81. The lowest BCUT2D eigenvalue weighted by Gasteiger charge is -2.20. The zero-order valence-electron chi connectivity index (χ0n) is 11.1. The fourth-order valence-corrected chi connectivity index (χ4v) is 2.08. The van der Waals surface area contributed by atoms with Crippen molar-refractivity contribution in [2.75, 3.05) is 6.54 Å². The van der Waals surface area contributed by atoms with Gasteiger partial charge in [-0.2, -0.15) is 0 Å². The molecule has 1 aromatic carbocycles. The molecule has 0 bridgehead atoms. The minimum absolute atomic E-state index is 0.382. The van der Waals surface area contributed by atoms with Gasteiger partial charge in [0.15, 0.2) is 0 Å². The van der Waals surface area contributed by atoms with Crippen molar-refractivity contribution in [1.82, 2.24) is 9.55 Å². The SMILES string of the molecule is Cc1cc2ncn(C(C)C(C)CN)c2cc1C. The van der Waals surface area contributed by atoms with Crippen molar-refractivity contribution in [3.05, 3.63) is 29.6 Å². The molecule has 2 unspecified atom stereocenters. The van der Waals surface area contributed by atoms with Gasteiger partial charge in [-0.1, -0.05) is 6.92 Å². The maximum absolute atomic E-state index is 5.74. The molecule has 2 aromatic rings. The van der Waals surface area contributed by atoms with Crippen LogP contribution in [0.4, 0.5) is 0 Å². The average molecular weight is 231 g/mol. The van der Waals surface area contributed by atoms with Gasteiger partial charge in [-0.3, -0.25) is 0 Å². The molecule has 3 nitrogen and oxygen atoms in total. The summed E-state index contributed by atoms with van der Waals surface area (Å²) in [6.45, 7) is 9.35. The highest BCUT2D eigenvalue weighted by Gasteiger charge is 2.15. The highest BCUT2D eigenvalue weighted by atomic mass is 15.1. The summed E-state index contributed by atoms with van der Waals surface area (Å²) in [7, 11) is 0. The van der Waals surface area contributed by atoms with Gasteiger partial charge in [0.05, 0.1) is 17.4 Å². The van der Waals surface area contributed by atoms with Crippen molar-refractivity contribution in [1.29, 1.82) is 0 Å². The number of hydrogen-bond donors (Lipinski definition) is 1. The molecule has 0 spiro atoms. The average Bonchev–Trinajstić information content (AvgIpc) is 2.70. The second-order valence-corrected chi connectivity index (χ2v) is 5.03. The first-order valence-corrected chi connectivity index (χ1v) is 6.18. The van der Waals surface area contributed by atoms with E-state index in [9.17, 15) is 0 Å². The second-order valence-electron chi connectivity index (χ2n) is 5.03. The Morgan fingerprint density at radius 3 is 2.53 bits per heavy atom. The summed E-state index contributed by atoms with van der Waals surface area (Å²) < 4.78 is 2.24. The second kappa shape index (κ2) is 4.49. The van der Waals surface area contributed by atoms with Crippen molar-refractivity contribution in [3.63, 3.8) is 0 Å². The number of hydrogen-bond acceptors (Lipinski definition) is 2. The standard InChI is InChI=1S/C14H21N3/c1-9-5-13-14(6-10(9)2)17(8-16-13)12(4)11(3)7-15/h5-6,8,11-12H,7,15H2,1-4H3. The van der Waals surface area contributed by atoms with Crippen LogP contribution in [0.15, 0.2) is 18.5 Å². The first-order valence-electron chi connectivity index (χ1n) is 6.18. The van der Waals surface area contributed by atoms with Crippen LogP contribution in [0.25, 0.3) is 11.0 Å². The third-order valence-corrected chi connectivity index (χ3v) is 3.82. The van der Waals surface area contributed by atoms with Gasteiger partial charge in [-0.15, -0.1) is 0 Å². The van der Waals surface area contributed by atoms with Crippen molar-refractivity contribution in [3.8, 4) is 0 Å². The summed E-state index contributed by atoms with van der Waals surface area (Å²) in [6.07, 6.45) is 1.93. The molecular formula is C14H21N3. The number of benzene rings is 1. The van der Waals surface area contributed by atoms with Crippen LogP contribution < -0.4 is 5.73 Å². The number of nitrogens with zero attached hydrogens (tertiary/aromatic N) is 2. The van der Waals surface area contributed by atoms with Gasteiger partial charge >= 0.3 is 0 Å². The molecule has 1 heterocycles. The maximum atomic E-state index is 5.74. The summed E-state index contributed by atoms with van der Waals surface area (Å²) in [5.41, 5.74) is 10.6. The minimum atomic E-state index is 0.382. The zero-order chi connectivity index (χ0) is 12.6. The Morgan fingerprint density at radius 2 is 1.88 bits per heavy atom. The van der Waals surface area contributed by atoms with Crippen molar-refractivity contribution in [2.24, 2.45) is 11.7 Å². The maximum Gasteiger partial charge on any atom is 0.0960 e. The molecule has 0 fully saturated rings. The van der Waals surface area contributed by atoms with E-state index in [0.717, 1.165) is 5.52 Å². The van der Waals surface area contributed by atoms with E-state index >= 15 is 0 Å². The third-order valence-electron chi connectivity index (χ3n) is 3.82. The number of aromatic nitrogens is 2. The molecule has 92 valence electrons. The van der Waals surface area contributed by atoms with Crippen LogP contribution in [-0.2, 0) is 0 Å². The third kappa shape index (κ3) is 2.07. The molecule has 17 heavy (non-hydrogen) atoms. The molecule has 0 amide bonds. The van der Waals surface area contributed by atoms with E-state index in [4.69, 9.17) is 5.73 Å². The lowest BCUT2D eigenvalue weighted by molar-refractivity contribution is 0.395. The van der Waals surface area contributed by atoms with Crippen LogP contribution in [0.5, 0.6) is 0 Å². The van der Waals surface area contributed by atoms with Gasteiger partial charge in [0.2, 0.25) is 0 Å². The van der Waals surface area contributed by atoms with Crippen molar-refractivity contribution < 1.29 is 0 Å². The van der Waals surface area contributed by atoms with E-state index in [1.165, 1.54) is 16.6 Å². The molecule has 2 rings (SSSR count). The number of rotatable bonds is 3. The normalized spacial score (nSPS) is 15.1. The van der Waals surface area contributed by atoms with E-state index in [-0.39, 0.29) is 0 Å².